The summed E-state index contributed by atoms with van der Waals surface area (Å²) in [6.45, 7) is -0.254. The van der Waals surface area contributed by atoms with Gasteiger partial charge in [0.05, 0.1) is 0 Å². The number of rotatable bonds is 4. The molecule has 0 aliphatic heterocycles. The van der Waals surface area contributed by atoms with Crippen molar-refractivity contribution >= 4 is 23.4 Å². The third-order valence-electron chi connectivity index (χ3n) is 1.57. The first-order valence-corrected chi connectivity index (χ1v) is 4.57. The second-order valence-corrected chi connectivity index (χ2v) is 2.85. The molecule has 0 aliphatic carbocycles. The number of Topliss-reactive ketones (excluding diaryl/α,β-unsaturated/α-hetero) is 1. The molecular weight excluding hydrogens is 204 g/mol. The molecule has 74 valence electrons. The molecule has 0 bridgehead atoms. The first kappa shape index (κ1) is 10.7. The highest BCUT2D eigenvalue weighted by Crippen LogP contribution is 2.00. The Bertz CT molecular complexity index is 321. The van der Waals surface area contributed by atoms with Crippen LogP contribution in [0, 0.1) is 0 Å². The van der Waals surface area contributed by atoms with Crippen LogP contribution in [0.1, 0.15) is 10.4 Å². The highest BCUT2D eigenvalue weighted by atomic mass is 35.5. The van der Waals surface area contributed by atoms with Crippen LogP contribution in [0.3, 0.4) is 0 Å². The topological polar surface area (TPSA) is 43.4 Å². The number of alkyl halides is 1. The molecule has 0 fully saturated rings. The molecule has 4 heteroatoms. The molecular formula is C10H9ClO3. The molecule has 0 spiro atoms. The zero-order valence-corrected chi connectivity index (χ0v) is 8.16. The lowest BCUT2D eigenvalue weighted by Gasteiger charge is -2.01. The van der Waals surface area contributed by atoms with Crippen molar-refractivity contribution in [3.8, 4) is 0 Å². The first-order valence-electron chi connectivity index (χ1n) is 4.04. The van der Waals surface area contributed by atoms with Gasteiger partial charge in [0.15, 0.2) is 12.4 Å². The molecule has 0 aliphatic rings. The van der Waals surface area contributed by atoms with Crippen molar-refractivity contribution in [3.63, 3.8) is 0 Å². The van der Waals surface area contributed by atoms with Gasteiger partial charge in [-0.15, -0.1) is 11.6 Å². The number of hydrogen-bond acceptors (Lipinski definition) is 3. The molecule has 14 heavy (non-hydrogen) atoms. The van der Waals surface area contributed by atoms with Crippen molar-refractivity contribution in [3.05, 3.63) is 35.9 Å². The fourth-order valence-corrected chi connectivity index (χ4v) is 0.969. The Balaban J connectivity index is 2.48. The molecule has 0 unspecified atom stereocenters. The van der Waals surface area contributed by atoms with Crippen LogP contribution in [0.2, 0.25) is 0 Å². The number of halogens is 1. The summed E-state index contributed by atoms with van der Waals surface area (Å²) in [5.41, 5.74) is 0.523. The van der Waals surface area contributed by atoms with Gasteiger partial charge in [0.25, 0.3) is 0 Å². The number of hydrogen-bond donors (Lipinski definition) is 0. The lowest BCUT2D eigenvalue weighted by atomic mass is 10.1. The van der Waals surface area contributed by atoms with Crippen molar-refractivity contribution < 1.29 is 14.3 Å². The van der Waals surface area contributed by atoms with Crippen molar-refractivity contribution in [1.29, 1.82) is 0 Å². The quantitative estimate of drug-likeness (QED) is 0.433. The number of carbonyl (C=O) groups is 2. The monoisotopic (exact) mass is 212 g/mol. The van der Waals surface area contributed by atoms with Gasteiger partial charge in [-0.1, -0.05) is 30.3 Å². The van der Waals surface area contributed by atoms with E-state index in [0.29, 0.717) is 5.56 Å². The smallest absolute Gasteiger partial charge is 0.321 e. The highest BCUT2D eigenvalue weighted by molar-refractivity contribution is 6.26. The van der Waals surface area contributed by atoms with E-state index < -0.39 is 5.97 Å². The molecule has 0 saturated heterocycles. The van der Waals surface area contributed by atoms with Gasteiger partial charge < -0.3 is 4.74 Å². The van der Waals surface area contributed by atoms with E-state index in [1.54, 1.807) is 24.3 Å². The molecule has 1 aromatic rings. The van der Waals surface area contributed by atoms with Gasteiger partial charge in [0.1, 0.15) is 5.88 Å². The molecule has 3 nitrogen and oxygen atoms in total. The molecule has 1 rings (SSSR count). The molecule has 0 amide bonds. The van der Waals surface area contributed by atoms with E-state index in [2.05, 4.69) is 4.74 Å². The lowest BCUT2D eigenvalue weighted by molar-refractivity contribution is -0.139. The summed E-state index contributed by atoms with van der Waals surface area (Å²) in [6, 6.07) is 8.63. The Morgan fingerprint density at radius 3 is 2.43 bits per heavy atom. The summed E-state index contributed by atoms with van der Waals surface area (Å²) < 4.78 is 4.59. The predicted octanol–water partition coefficient (Wildman–Crippen LogP) is 1.65. The number of esters is 1. The van der Waals surface area contributed by atoms with E-state index in [4.69, 9.17) is 11.6 Å². The van der Waals surface area contributed by atoms with Crippen LogP contribution < -0.4 is 0 Å². The van der Waals surface area contributed by atoms with Gasteiger partial charge in [-0.05, 0) is 0 Å². The van der Waals surface area contributed by atoms with Gasteiger partial charge in [-0.3, -0.25) is 9.59 Å². The Morgan fingerprint density at radius 2 is 1.86 bits per heavy atom. The van der Waals surface area contributed by atoms with Crippen molar-refractivity contribution in [1.82, 2.24) is 0 Å². The van der Waals surface area contributed by atoms with Gasteiger partial charge >= 0.3 is 5.97 Å². The maximum absolute atomic E-state index is 11.3. The largest absolute Gasteiger partial charge is 0.456 e. The number of carbonyl (C=O) groups excluding carboxylic acids is 2. The van der Waals surface area contributed by atoms with E-state index in [1.807, 2.05) is 6.07 Å². The zero-order chi connectivity index (χ0) is 10.4. The standard InChI is InChI=1S/C10H9ClO3/c11-6-10(13)14-7-9(12)8-4-2-1-3-5-8/h1-5H,6-7H2. The minimum absolute atomic E-state index is 0.232. The van der Waals surface area contributed by atoms with Crippen LogP contribution in [-0.4, -0.2) is 24.2 Å². The molecule has 1 aromatic carbocycles. The normalized spacial score (nSPS) is 9.50. The Morgan fingerprint density at radius 1 is 1.21 bits per heavy atom. The molecule has 0 aromatic heterocycles. The third kappa shape index (κ3) is 3.18. The molecule has 0 saturated carbocycles. The van der Waals surface area contributed by atoms with Crippen molar-refractivity contribution in [2.75, 3.05) is 12.5 Å². The average Bonchev–Trinajstić information content (AvgIpc) is 2.26. The number of ketones is 1. The predicted molar refractivity (Wildman–Crippen MR) is 52.5 cm³/mol. The van der Waals surface area contributed by atoms with Gasteiger partial charge in [-0.2, -0.15) is 0 Å². The van der Waals surface area contributed by atoms with Crippen LogP contribution in [0.4, 0.5) is 0 Å². The van der Waals surface area contributed by atoms with Crippen LogP contribution in [0.15, 0.2) is 30.3 Å². The zero-order valence-electron chi connectivity index (χ0n) is 7.40. The Hall–Kier alpha value is -1.35. The third-order valence-corrected chi connectivity index (χ3v) is 1.79. The summed E-state index contributed by atoms with van der Waals surface area (Å²) in [6.07, 6.45) is 0. The summed E-state index contributed by atoms with van der Waals surface area (Å²) in [7, 11) is 0. The van der Waals surface area contributed by atoms with Crippen LogP contribution in [0.5, 0.6) is 0 Å². The van der Waals surface area contributed by atoms with E-state index in [1.165, 1.54) is 0 Å². The van der Waals surface area contributed by atoms with Crippen LogP contribution >= 0.6 is 11.6 Å². The summed E-state index contributed by atoms with van der Waals surface area (Å²) in [5.74, 6) is -1.05. The van der Waals surface area contributed by atoms with Gasteiger partial charge in [-0.25, -0.2) is 0 Å². The second-order valence-electron chi connectivity index (χ2n) is 2.58. The van der Waals surface area contributed by atoms with Crippen molar-refractivity contribution in [2.45, 2.75) is 0 Å². The van der Waals surface area contributed by atoms with Gasteiger partial charge in [0.2, 0.25) is 0 Å². The summed E-state index contributed by atoms with van der Waals surface area (Å²) in [5, 5.41) is 0. The highest BCUT2D eigenvalue weighted by Gasteiger charge is 2.07. The minimum atomic E-state index is -0.587. The maximum atomic E-state index is 11.3. The van der Waals surface area contributed by atoms with E-state index in [9.17, 15) is 9.59 Å². The Kier molecular flexibility index (Phi) is 4.13. The molecule has 0 N–H and O–H groups in total. The summed E-state index contributed by atoms with van der Waals surface area (Å²) in [4.78, 5) is 22.0. The molecule has 0 atom stereocenters. The maximum Gasteiger partial charge on any atom is 0.321 e. The Labute approximate surface area is 86.6 Å². The minimum Gasteiger partial charge on any atom is -0.456 e. The summed E-state index contributed by atoms with van der Waals surface area (Å²) >= 11 is 5.20. The number of ether oxygens (including phenoxy) is 1. The molecule has 0 radical (unpaired) electrons. The lowest BCUT2D eigenvalue weighted by Crippen LogP contribution is -2.14. The van der Waals surface area contributed by atoms with Crippen LogP contribution in [0.25, 0.3) is 0 Å². The fraction of sp³-hybridized carbons (Fsp3) is 0.200. The molecule has 0 heterocycles. The second kappa shape index (κ2) is 5.40. The van der Waals surface area contributed by atoms with Gasteiger partial charge in [0, 0.05) is 5.56 Å². The van der Waals surface area contributed by atoms with Crippen LogP contribution in [-0.2, 0) is 9.53 Å². The average molecular weight is 213 g/mol. The van der Waals surface area contributed by atoms with Crippen molar-refractivity contribution in [2.24, 2.45) is 0 Å². The van der Waals surface area contributed by atoms with E-state index in [0.717, 1.165) is 0 Å². The SMILES string of the molecule is O=C(CCl)OCC(=O)c1ccccc1. The first-order chi connectivity index (χ1) is 6.74. The fourth-order valence-electron chi connectivity index (χ4n) is 0.892. The van der Waals surface area contributed by atoms with E-state index >= 15 is 0 Å². The van der Waals surface area contributed by atoms with E-state index in [-0.39, 0.29) is 18.3 Å². The number of benzene rings is 1.